The predicted octanol–water partition coefficient (Wildman–Crippen LogP) is 3.23. The number of carbonyl (C=O) groups excluding carboxylic acids is 1. The molecular formula is C14H17BrFNO2. The van der Waals surface area contributed by atoms with Crippen LogP contribution in [0.3, 0.4) is 0 Å². The van der Waals surface area contributed by atoms with E-state index in [1.807, 2.05) is 20.8 Å². The van der Waals surface area contributed by atoms with E-state index in [9.17, 15) is 9.18 Å². The van der Waals surface area contributed by atoms with Crippen molar-refractivity contribution in [2.24, 2.45) is 0 Å². The van der Waals surface area contributed by atoms with Gasteiger partial charge in [-0.15, -0.1) is 0 Å². The van der Waals surface area contributed by atoms with Crippen LogP contribution >= 0.6 is 15.9 Å². The Morgan fingerprint density at radius 3 is 2.79 bits per heavy atom. The molecule has 5 heteroatoms. The highest BCUT2D eigenvalue weighted by Gasteiger charge is 2.34. The van der Waals surface area contributed by atoms with E-state index < -0.39 is 0 Å². The van der Waals surface area contributed by atoms with E-state index >= 15 is 0 Å². The third-order valence-electron chi connectivity index (χ3n) is 3.02. The first kappa shape index (κ1) is 14.5. The molecule has 0 spiro atoms. The summed E-state index contributed by atoms with van der Waals surface area (Å²) in [5.41, 5.74) is 0.128. The molecule has 0 N–H and O–H groups in total. The van der Waals surface area contributed by atoms with Crippen LogP contribution < -0.4 is 0 Å². The highest BCUT2D eigenvalue weighted by atomic mass is 79.9. The van der Waals surface area contributed by atoms with Gasteiger partial charge < -0.3 is 9.64 Å². The minimum absolute atomic E-state index is 0.00316. The van der Waals surface area contributed by atoms with Gasteiger partial charge in [-0.2, -0.15) is 0 Å². The van der Waals surface area contributed by atoms with Gasteiger partial charge in [0.25, 0.3) is 5.91 Å². The molecule has 0 aromatic heterocycles. The topological polar surface area (TPSA) is 29.5 Å². The van der Waals surface area contributed by atoms with Crippen molar-refractivity contribution in [1.82, 2.24) is 4.90 Å². The van der Waals surface area contributed by atoms with Gasteiger partial charge in [0.1, 0.15) is 5.82 Å². The summed E-state index contributed by atoms with van der Waals surface area (Å²) in [4.78, 5) is 14.2. The summed E-state index contributed by atoms with van der Waals surface area (Å²) in [7, 11) is 0. The van der Waals surface area contributed by atoms with E-state index in [2.05, 4.69) is 15.9 Å². The second-order valence-corrected chi connectivity index (χ2v) is 6.36. The van der Waals surface area contributed by atoms with Crippen molar-refractivity contribution in [3.63, 3.8) is 0 Å². The molecule has 1 heterocycles. The summed E-state index contributed by atoms with van der Waals surface area (Å²) in [5, 5.41) is 0. The lowest BCUT2D eigenvalue weighted by Crippen LogP contribution is -2.53. The predicted molar refractivity (Wildman–Crippen MR) is 74.6 cm³/mol. The lowest BCUT2D eigenvalue weighted by Gasteiger charge is -2.41. The molecule has 0 bridgehead atoms. The van der Waals surface area contributed by atoms with E-state index in [-0.39, 0.29) is 23.4 Å². The maximum absolute atomic E-state index is 13.2. The molecule has 0 aliphatic carbocycles. The third-order valence-corrected chi connectivity index (χ3v) is 3.63. The largest absolute Gasteiger partial charge is 0.369 e. The van der Waals surface area contributed by atoms with Crippen molar-refractivity contribution in [2.75, 3.05) is 13.1 Å². The average Bonchev–Trinajstić information content (AvgIpc) is 2.29. The first-order valence-electron chi connectivity index (χ1n) is 6.21. The molecule has 1 fully saturated rings. The number of benzene rings is 1. The lowest BCUT2D eigenvalue weighted by molar-refractivity contribution is -0.118. The zero-order valence-electron chi connectivity index (χ0n) is 11.2. The summed E-state index contributed by atoms with van der Waals surface area (Å²) in [5.74, 6) is -0.462. The van der Waals surface area contributed by atoms with Gasteiger partial charge in [0.05, 0.1) is 16.2 Å². The lowest BCUT2D eigenvalue weighted by atomic mass is 10.0. The summed E-state index contributed by atoms with van der Waals surface area (Å²) >= 11 is 3.10. The van der Waals surface area contributed by atoms with Crippen LogP contribution in [0.15, 0.2) is 22.7 Å². The summed E-state index contributed by atoms with van der Waals surface area (Å²) < 4.78 is 19.3. The Balaban J connectivity index is 2.21. The van der Waals surface area contributed by atoms with Gasteiger partial charge in [0, 0.05) is 18.7 Å². The van der Waals surface area contributed by atoms with E-state index in [0.29, 0.717) is 23.1 Å². The molecule has 3 nitrogen and oxygen atoms in total. The summed E-state index contributed by atoms with van der Waals surface area (Å²) in [6, 6.07) is 4.33. The smallest absolute Gasteiger partial charge is 0.254 e. The Bertz CT molecular complexity index is 504. The Morgan fingerprint density at radius 1 is 1.53 bits per heavy atom. The number of carbonyl (C=O) groups is 1. The van der Waals surface area contributed by atoms with Crippen LogP contribution in [-0.2, 0) is 4.74 Å². The molecule has 1 amide bonds. The summed E-state index contributed by atoms with van der Waals surface area (Å²) in [6.07, 6.45) is -0.00316. The van der Waals surface area contributed by atoms with E-state index in [1.165, 1.54) is 18.2 Å². The maximum Gasteiger partial charge on any atom is 0.254 e. The normalized spacial score (nSPS) is 22.4. The molecule has 1 aromatic rings. The zero-order valence-corrected chi connectivity index (χ0v) is 12.8. The van der Waals surface area contributed by atoms with Crippen molar-refractivity contribution in [1.29, 1.82) is 0 Å². The number of hydrogen-bond acceptors (Lipinski definition) is 2. The van der Waals surface area contributed by atoms with Crippen LogP contribution in [-0.4, -0.2) is 35.6 Å². The highest BCUT2D eigenvalue weighted by Crippen LogP contribution is 2.24. The van der Waals surface area contributed by atoms with Crippen LogP contribution in [0.1, 0.15) is 31.1 Å². The first-order chi connectivity index (χ1) is 8.78. The maximum atomic E-state index is 13.2. The molecule has 1 unspecified atom stereocenters. The number of halogens is 2. The molecular weight excluding hydrogens is 313 g/mol. The first-order valence-corrected chi connectivity index (χ1v) is 7.00. The Hall–Kier alpha value is -0.940. The minimum Gasteiger partial charge on any atom is -0.369 e. The van der Waals surface area contributed by atoms with E-state index in [4.69, 9.17) is 4.74 Å². The molecule has 0 radical (unpaired) electrons. The Morgan fingerprint density at radius 2 is 2.21 bits per heavy atom. The Kier molecular flexibility index (Phi) is 3.97. The van der Waals surface area contributed by atoms with Crippen LogP contribution in [0.2, 0.25) is 0 Å². The van der Waals surface area contributed by atoms with Crippen LogP contribution in [0, 0.1) is 5.82 Å². The summed E-state index contributed by atoms with van der Waals surface area (Å²) in [6.45, 7) is 6.96. The fraction of sp³-hybridized carbons (Fsp3) is 0.500. The fourth-order valence-corrected chi connectivity index (χ4v) is 2.80. The van der Waals surface area contributed by atoms with Crippen LogP contribution in [0.4, 0.5) is 4.39 Å². The number of ether oxygens (including phenoxy) is 1. The molecule has 19 heavy (non-hydrogen) atoms. The highest BCUT2D eigenvalue weighted by molar-refractivity contribution is 9.10. The quantitative estimate of drug-likeness (QED) is 0.791. The van der Waals surface area contributed by atoms with Gasteiger partial charge in [0.15, 0.2) is 0 Å². The van der Waals surface area contributed by atoms with Crippen molar-refractivity contribution >= 4 is 21.8 Å². The van der Waals surface area contributed by atoms with Gasteiger partial charge in [-0.05, 0) is 54.9 Å². The van der Waals surface area contributed by atoms with Gasteiger partial charge >= 0.3 is 0 Å². The SMILES string of the molecule is CC1CN(C(=O)c2ccc(F)c(Br)c2)CC(C)(C)O1. The molecule has 0 saturated carbocycles. The standard InChI is InChI=1S/C14H17BrFNO2/c1-9-7-17(8-14(2,3)19-9)13(18)10-4-5-12(16)11(15)6-10/h4-6,9H,7-8H2,1-3H3. The van der Waals surface area contributed by atoms with Gasteiger partial charge in [0.2, 0.25) is 0 Å². The fourth-order valence-electron chi connectivity index (χ4n) is 2.42. The van der Waals surface area contributed by atoms with Crippen molar-refractivity contribution in [2.45, 2.75) is 32.5 Å². The van der Waals surface area contributed by atoms with E-state index in [1.54, 1.807) is 4.90 Å². The number of nitrogens with zero attached hydrogens (tertiary/aromatic N) is 1. The monoisotopic (exact) mass is 329 g/mol. The third kappa shape index (κ3) is 3.34. The van der Waals surface area contributed by atoms with Crippen LogP contribution in [0.25, 0.3) is 0 Å². The average molecular weight is 330 g/mol. The Labute approximate surface area is 120 Å². The second-order valence-electron chi connectivity index (χ2n) is 5.50. The number of morpholine rings is 1. The van der Waals surface area contributed by atoms with Gasteiger partial charge in [-0.3, -0.25) is 4.79 Å². The molecule has 1 atom stereocenters. The van der Waals surface area contributed by atoms with Crippen molar-refractivity contribution in [3.05, 3.63) is 34.1 Å². The van der Waals surface area contributed by atoms with Gasteiger partial charge in [-0.25, -0.2) is 4.39 Å². The molecule has 2 rings (SSSR count). The molecule has 1 saturated heterocycles. The number of amides is 1. The van der Waals surface area contributed by atoms with Crippen molar-refractivity contribution in [3.8, 4) is 0 Å². The molecule has 1 aromatic carbocycles. The number of hydrogen-bond donors (Lipinski definition) is 0. The minimum atomic E-state index is -0.368. The second kappa shape index (κ2) is 5.21. The molecule has 104 valence electrons. The van der Waals surface area contributed by atoms with Crippen LogP contribution in [0.5, 0.6) is 0 Å². The molecule has 1 aliphatic rings. The molecule has 1 aliphatic heterocycles. The number of rotatable bonds is 1. The van der Waals surface area contributed by atoms with E-state index in [0.717, 1.165) is 0 Å². The van der Waals surface area contributed by atoms with Crippen molar-refractivity contribution < 1.29 is 13.9 Å². The van der Waals surface area contributed by atoms with Gasteiger partial charge in [-0.1, -0.05) is 0 Å². The zero-order chi connectivity index (χ0) is 14.2.